The van der Waals surface area contributed by atoms with Gasteiger partial charge in [0.15, 0.2) is 0 Å². The number of amides is 1. The van der Waals surface area contributed by atoms with Crippen molar-refractivity contribution in [2.24, 2.45) is 0 Å². The number of morpholine rings is 1. The molecule has 9 heteroatoms. The molecule has 1 fully saturated rings. The van der Waals surface area contributed by atoms with Crippen molar-refractivity contribution in [1.82, 2.24) is 9.62 Å². The molecule has 0 saturated carbocycles. The molecule has 1 heterocycles. The smallest absolute Gasteiger partial charge is 0.253 e. The molecule has 1 N–H and O–H groups in total. The molecule has 1 amide bonds. The first kappa shape index (κ1) is 21.1. The van der Waals surface area contributed by atoms with E-state index in [1.807, 2.05) is 19.1 Å². The number of nitrogens with one attached hydrogen (secondary N) is 1. The molecular weight excluding hydrogens is 423 g/mol. The molecule has 1 atom stereocenters. The number of ether oxygens (including phenoxy) is 1. The van der Waals surface area contributed by atoms with Crippen molar-refractivity contribution in [1.29, 1.82) is 0 Å². The lowest BCUT2D eigenvalue weighted by Gasteiger charge is -2.26. The second kappa shape index (κ2) is 8.80. The van der Waals surface area contributed by atoms with Crippen LogP contribution >= 0.6 is 23.2 Å². The Morgan fingerprint density at radius 1 is 1.11 bits per heavy atom. The largest absolute Gasteiger partial charge is 0.379 e. The molecule has 1 aliphatic heterocycles. The summed E-state index contributed by atoms with van der Waals surface area (Å²) in [6.07, 6.45) is 0. The molecule has 3 rings (SSSR count). The molecule has 0 radical (unpaired) electrons. The summed E-state index contributed by atoms with van der Waals surface area (Å²) >= 11 is 12.1. The van der Waals surface area contributed by atoms with Crippen LogP contribution in [0.25, 0.3) is 0 Å². The van der Waals surface area contributed by atoms with E-state index >= 15 is 0 Å². The number of rotatable bonds is 5. The lowest BCUT2D eigenvalue weighted by molar-refractivity contribution is 0.0730. The van der Waals surface area contributed by atoms with Crippen LogP contribution in [0.5, 0.6) is 0 Å². The summed E-state index contributed by atoms with van der Waals surface area (Å²) < 4.78 is 32.2. The fraction of sp³-hybridized carbons (Fsp3) is 0.316. The maximum absolute atomic E-state index is 12.8. The molecule has 150 valence electrons. The highest BCUT2D eigenvalue weighted by molar-refractivity contribution is 7.89. The first-order valence-electron chi connectivity index (χ1n) is 8.73. The van der Waals surface area contributed by atoms with Gasteiger partial charge in [-0.05, 0) is 42.8 Å². The van der Waals surface area contributed by atoms with E-state index < -0.39 is 15.9 Å². The van der Waals surface area contributed by atoms with E-state index in [9.17, 15) is 13.2 Å². The molecule has 0 aliphatic carbocycles. The van der Waals surface area contributed by atoms with Crippen molar-refractivity contribution in [2.45, 2.75) is 17.9 Å². The monoisotopic (exact) mass is 442 g/mol. The lowest BCUT2D eigenvalue weighted by atomic mass is 10.1. The van der Waals surface area contributed by atoms with Crippen LogP contribution in [0.2, 0.25) is 10.0 Å². The average Bonchev–Trinajstić information content (AvgIpc) is 2.69. The molecule has 0 bridgehead atoms. The number of sulfonamides is 1. The van der Waals surface area contributed by atoms with Gasteiger partial charge >= 0.3 is 0 Å². The second-order valence-corrected chi connectivity index (χ2v) is 9.19. The molecule has 0 aromatic heterocycles. The van der Waals surface area contributed by atoms with Gasteiger partial charge in [-0.15, -0.1) is 0 Å². The predicted octanol–water partition coefficient (Wildman–Crippen LogP) is 3.51. The Morgan fingerprint density at radius 3 is 2.39 bits per heavy atom. The van der Waals surface area contributed by atoms with Gasteiger partial charge in [0, 0.05) is 18.1 Å². The Morgan fingerprint density at radius 2 is 1.75 bits per heavy atom. The zero-order chi connectivity index (χ0) is 20.3. The Hall–Kier alpha value is -1.64. The van der Waals surface area contributed by atoms with Gasteiger partial charge in [0.25, 0.3) is 5.91 Å². The highest BCUT2D eigenvalue weighted by Gasteiger charge is 2.27. The number of hydrogen-bond acceptors (Lipinski definition) is 4. The standard InChI is InChI=1S/C19H20Cl2N2O4S/c1-13(14-2-4-15(20)5-3-14)22-19(24)17-12-16(6-7-18(17)21)28(25,26)23-8-10-27-11-9-23/h2-7,12-13H,8-11H2,1H3,(H,22,24)/t13-/m0/s1. The summed E-state index contributed by atoms with van der Waals surface area (Å²) in [7, 11) is -3.72. The zero-order valence-electron chi connectivity index (χ0n) is 15.2. The fourth-order valence-corrected chi connectivity index (χ4v) is 4.65. The number of hydrogen-bond donors (Lipinski definition) is 1. The highest BCUT2D eigenvalue weighted by atomic mass is 35.5. The predicted molar refractivity (Wildman–Crippen MR) is 108 cm³/mol. The summed E-state index contributed by atoms with van der Waals surface area (Å²) in [5, 5.41) is 3.62. The third-order valence-corrected chi connectivity index (χ3v) is 6.98. The van der Waals surface area contributed by atoms with E-state index in [-0.39, 0.29) is 34.6 Å². The van der Waals surface area contributed by atoms with Gasteiger partial charge in [0.05, 0.1) is 34.7 Å². The van der Waals surface area contributed by atoms with Crippen molar-refractivity contribution < 1.29 is 17.9 Å². The van der Waals surface area contributed by atoms with E-state index in [1.54, 1.807) is 12.1 Å². The van der Waals surface area contributed by atoms with Gasteiger partial charge in [0.2, 0.25) is 10.0 Å². The van der Waals surface area contributed by atoms with E-state index in [0.29, 0.717) is 18.2 Å². The quantitative estimate of drug-likeness (QED) is 0.768. The Balaban J connectivity index is 1.82. The van der Waals surface area contributed by atoms with Crippen molar-refractivity contribution in [3.05, 3.63) is 63.6 Å². The SMILES string of the molecule is C[C@H](NC(=O)c1cc(S(=O)(=O)N2CCOCC2)ccc1Cl)c1ccc(Cl)cc1. The summed E-state index contributed by atoms with van der Waals surface area (Å²) in [6, 6.07) is 11.0. The highest BCUT2D eigenvalue weighted by Crippen LogP contribution is 2.25. The number of carbonyl (C=O) groups is 1. The average molecular weight is 443 g/mol. The third kappa shape index (κ3) is 4.67. The van der Waals surface area contributed by atoms with Gasteiger partial charge in [-0.2, -0.15) is 4.31 Å². The van der Waals surface area contributed by atoms with Crippen LogP contribution in [-0.2, 0) is 14.8 Å². The Kier molecular flexibility index (Phi) is 6.62. The molecule has 2 aromatic rings. The minimum Gasteiger partial charge on any atom is -0.379 e. The van der Waals surface area contributed by atoms with Crippen LogP contribution in [0, 0.1) is 0 Å². The van der Waals surface area contributed by atoms with E-state index in [2.05, 4.69) is 5.32 Å². The molecule has 1 aliphatic rings. The van der Waals surface area contributed by atoms with Crippen molar-refractivity contribution in [3.8, 4) is 0 Å². The van der Waals surface area contributed by atoms with Gasteiger partial charge in [-0.1, -0.05) is 35.3 Å². The minimum atomic E-state index is -3.72. The van der Waals surface area contributed by atoms with E-state index in [0.717, 1.165) is 5.56 Å². The normalized spacial score (nSPS) is 16.5. The Labute approximate surface area is 174 Å². The van der Waals surface area contributed by atoms with Crippen molar-refractivity contribution in [3.63, 3.8) is 0 Å². The Bertz CT molecular complexity index is 958. The molecule has 6 nitrogen and oxygen atoms in total. The molecule has 1 saturated heterocycles. The molecule has 28 heavy (non-hydrogen) atoms. The molecule has 0 unspecified atom stereocenters. The van der Waals surface area contributed by atoms with Gasteiger partial charge in [-0.25, -0.2) is 8.42 Å². The van der Waals surface area contributed by atoms with Crippen LogP contribution in [0.3, 0.4) is 0 Å². The minimum absolute atomic E-state index is 0.0306. The topological polar surface area (TPSA) is 75.7 Å². The number of nitrogens with zero attached hydrogens (tertiary/aromatic N) is 1. The maximum Gasteiger partial charge on any atom is 0.253 e. The summed E-state index contributed by atoms with van der Waals surface area (Å²) in [5.74, 6) is -0.452. The van der Waals surface area contributed by atoms with Crippen molar-refractivity contribution >= 4 is 39.1 Å². The molecule has 2 aromatic carbocycles. The van der Waals surface area contributed by atoms with Gasteiger partial charge in [0.1, 0.15) is 0 Å². The fourth-order valence-electron chi connectivity index (χ4n) is 2.88. The second-order valence-electron chi connectivity index (χ2n) is 6.40. The molecular formula is C19H20Cl2N2O4S. The van der Waals surface area contributed by atoms with Gasteiger partial charge < -0.3 is 10.1 Å². The summed E-state index contributed by atoms with van der Waals surface area (Å²) in [4.78, 5) is 12.8. The van der Waals surface area contributed by atoms with E-state index in [4.69, 9.17) is 27.9 Å². The molecule has 0 spiro atoms. The zero-order valence-corrected chi connectivity index (χ0v) is 17.5. The first-order chi connectivity index (χ1) is 13.3. The number of benzene rings is 2. The summed E-state index contributed by atoms with van der Waals surface area (Å²) in [5.41, 5.74) is 0.975. The van der Waals surface area contributed by atoms with E-state index in [1.165, 1.54) is 22.5 Å². The maximum atomic E-state index is 12.8. The van der Waals surface area contributed by atoms with Crippen molar-refractivity contribution in [2.75, 3.05) is 26.3 Å². The van der Waals surface area contributed by atoms with Crippen LogP contribution in [-0.4, -0.2) is 44.9 Å². The summed E-state index contributed by atoms with van der Waals surface area (Å²) in [6.45, 7) is 3.07. The van der Waals surface area contributed by atoms with Gasteiger partial charge in [-0.3, -0.25) is 4.79 Å². The first-order valence-corrected chi connectivity index (χ1v) is 10.9. The van der Waals surface area contributed by atoms with Crippen LogP contribution in [0.1, 0.15) is 28.9 Å². The number of halogens is 2. The third-order valence-electron chi connectivity index (χ3n) is 4.51. The van der Waals surface area contributed by atoms with Crippen LogP contribution in [0.15, 0.2) is 47.4 Å². The lowest BCUT2D eigenvalue weighted by Crippen LogP contribution is -2.40. The van der Waals surface area contributed by atoms with Crippen LogP contribution < -0.4 is 5.32 Å². The number of carbonyl (C=O) groups excluding carboxylic acids is 1. The van der Waals surface area contributed by atoms with Crippen LogP contribution in [0.4, 0.5) is 0 Å².